The summed E-state index contributed by atoms with van der Waals surface area (Å²) in [6.07, 6.45) is 2.55. The van der Waals surface area contributed by atoms with E-state index in [4.69, 9.17) is 4.74 Å². The van der Waals surface area contributed by atoms with Crippen LogP contribution in [0, 0.1) is 0 Å². The van der Waals surface area contributed by atoms with E-state index in [0.717, 1.165) is 31.6 Å². The van der Waals surface area contributed by atoms with Crippen molar-refractivity contribution < 1.29 is 14.3 Å². The van der Waals surface area contributed by atoms with Crippen LogP contribution in [-0.2, 0) is 14.3 Å². The molecule has 0 aromatic heterocycles. The SMILES string of the molecule is O=C1CCCN1CC[C@H]1CN(C(=O)[C@H]2COCCN2)c2ccccc21. The largest absolute Gasteiger partial charge is 0.378 e. The van der Waals surface area contributed by atoms with E-state index in [9.17, 15) is 9.59 Å². The molecule has 6 nitrogen and oxygen atoms in total. The molecule has 134 valence electrons. The van der Waals surface area contributed by atoms with Crippen molar-refractivity contribution in [2.45, 2.75) is 31.2 Å². The number of amides is 2. The fraction of sp³-hybridized carbons (Fsp3) is 0.579. The molecule has 0 bridgehead atoms. The summed E-state index contributed by atoms with van der Waals surface area (Å²) in [7, 11) is 0. The second kappa shape index (κ2) is 7.14. The number of benzene rings is 1. The van der Waals surface area contributed by atoms with Gasteiger partial charge in [0.1, 0.15) is 6.04 Å². The fourth-order valence-corrected chi connectivity index (χ4v) is 4.12. The Balaban J connectivity index is 1.47. The summed E-state index contributed by atoms with van der Waals surface area (Å²) in [5, 5.41) is 3.25. The maximum Gasteiger partial charge on any atom is 0.246 e. The molecule has 3 aliphatic rings. The van der Waals surface area contributed by atoms with Crippen LogP contribution in [0.4, 0.5) is 5.69 Å². The molecule has 0 radical (unpaired) electrons. The first kappa shape index (κ1) is 16.5. The molecule has 6 heteroatoms. The highest BCUT2D eigenvalue weighted by Gasteiger charge is 2.36. The minimum Gasteiger partial charge on any atom is -0.378 e. The van der Waals surface area contributed by atoms with Gasteiger partial charge in [-0.05, 0) is 24.5 Å². The third-order valence-corrected chi connectivity index (χ3v) is 5.47. The van der Waals surface area contributed by atoms with Crippen molar-refractivity contribution >= 4 is 17.5 Å². The molecule has 0 spiro atoms. The molecule has 0 aliphatic carbocycles. The average Bonchev–Trinajstić information content (AvgIpc) is 3.23. The number of anilines is 1. The molecule has 1 N–H and O–H groups in total. The van der Waals surface area contributed by atoms with Gasteiger partial charge in [0.15, 0.2) is 0 Å². The van der Waals surface area contributed by atoms with Gasteiger partial charge in [-0.2, -0.15) is 0 Å². The lowest BCUT2D eigenvalue weighted by atomic mass is 9.98. The van der Waals surface area contributed by atoms with Crippen molar-refractivity contribution in [2.75, 3.05) is 44.3 Å². The number of nitrogens with zero attached hydrogens (tertiary/aromatic N) is 2. The second-order valence-electron chi connectivity index (χ2n) is 7.06. The van der Waals surface area contributed by atoms with E-state index in [1.807, 2.05) is 28.0 Å². The van der Waals surface area contributed by atoms with E-state index in [-0.39, 0.29) is 23.8 Å². The second-order valence-corrected chi connectivity index (χ2v) is 7.06. The van der Waals surface area contributed by atoms with Gasteiger partial charge < -0.3 is 19.9 Å². The molecule has 3 heterocycles. The van der Waals surface area contributed by atoms with E-state index in [0.29, 0.717) is 32.7 Å². The van der Waals surface area contributed by atoms with Crippen LogP contribution in [0.15, 0.2) is 24.3 Å². The van der Waals surface area contributed by atoms with Crippen molar-refractivity contribution in [3.8, 4) is 0 Å². The zero-order valence-corrected chi connectivity index (χ0v) is 14.4. The fourth-order valence-electron chi connectivity index (χ4n) is 4.12. The van der Waals surface area contributed by atoms with Crippen molar-refractivity contribution in [2.24, 2.45) is 0 Å². The number of fused-ring (bicyclic) bond motifs is 1. The number of para-hydroxylation sites is 1. The van der Waals surface area contributed by atoms with Gasteiger partial charge in [-0.25, -0.2) is 0 Å². The highest BCUT2D eigenvalue weighted by molar-refractivity contribution is 5.99. The molecular formula is C19H25N3O3. The van der Waals surface area contributed by atoms with Crippen molar-refractivity contribution in [3.05, 3.63) is 29.8 Å². The molecule has 2 fully saturated rings. The summed E-state index contributed by atoms with van der Waals surface area (Å²) in [5.74, 6) is 0.646. The Morgan fingerprint density at radius 3 is 2.96 bits per heavy atom. The Labute approximate surface area is 148 Å². The molecule has 1 aromatic carbocycles. The first-order valence-electron chi connectivity index (χ1n) is 9.23. The Kier molecular flexibility index (Phi) is 4.72. The normalized spacial score (nSPS) is 26.2. The molecule has 1 aromatic rings. The van der Waals surface area contributed by atoms with Gasteiger partial charge in [0.2, 0.25) is 11.8 Å². The summed E-state index contributed by atoms with van der Waals surface area (Å²) in [6, 6.07) is 7.89. The van der Waals surface area contributed by atoms with Gasteiger partial charge in [-0.15, -0.1) is 0 Å². The topological polar surface area (TPSA) is 61.9 Å². The van der Waals surface area contributed by atoms with E-state index >= 15 is 0 Å². The summed E-state index contributed by atoms with van der Waals surface area (Å²) in [6.45, 7) is 4.16. The van der Waals surface area contributed by atoms with Crippen LogP contribution in [0.2, 0.25) is 0 Å². The monoisotopic (exact) mass is 343 g/mol. The lowest BCUT2D eigenvalue weighted by molar-refractivity contribution is -0.128. The highest BCUT2D eigenvalue weighted by atomic mass is 16.5. The lowest BCUT2D eigenvalue weighted by Gasteiger charge is -2.28. The Bertz CT molecular complexity index is 657. The molecule has 0 saturated carbocycles. The van der Waals surface area contributed by atoms with Crippen LogP contribution in [0.1, 0.15) is 30.7 Å². The van der Waals surface area contributed by atoms with Crippen LogP contribution in [-0.4, -0.2) is 62.1 Å². The maximum absolute atomic E-state index is 12.9. The maximum atomic E-state index is 12.9. The Morgan fingerprint density at radius 1 is 1.32 bits per heavy atom. The van der Waals surface area contributed by atoms with Crippen LogP contribution < -0.4 is 10.2 Å². The first-order chi connectivity index (χ1) is 12.2. The molecule has 2 atom stereocenters. The van der Waals surface area contributed by atoms with Gasteiger partial charge in [0, 0.05) is 44.2 Å². The minimum absolute atomic E-state index is 0.0897. The number of carbonyl (C=O) groups is 2. The predicted molar refractivity (Wildman–Crippen MR) is 94.6 cm³/mol. The van der Waals surface area contributed by atoms with Crippen LogP contribution in [0.5, 0.6) is 0 Å². The van der Waals surface area contributed by atoms with Crippen molar-refractivity contribution in [1.29, 1.82) is 0 Å². The summed E-state index contributed by atoms with van der Waals surface area (Å²) >= 11 is 0. The average molecular weight is 343 g/mol. The van der Waals surface area contributed by atoms with Crippen LogP contribution in [0.3, 0.4) is 0 Å². The lowest BCUT2D eigenvalue weighted by Crippen LogP contribution is -2.52. The molecule has 0 unspecified atom stereocenters. The molecular weight excluding hydrogens is 318 g/mol. The summed E-state index contributed by atoms with van der Waals surface area (Å²) < 4.78 is 5.45. The molecule has 2 amide bonds. The number of morpholine rings is 1. The number of likely N-dealkylation sites (tertiary alicyclic amines) is 1. The number of ether oxygens (including phenoxy) is 1. The minimum atomic E-state index is -0.263. The van der Waals surface area contributed by atoms with Gasteiger partial charge in [-0.3, -0.25) is 9.59 Å². The first-order valence-corrected chi connectivity index (χ1v) is 9.23. The van der Waals surface area contributed by atoms with Gasteiger partial charge in [0.25, 0.3) is 0 Å². The van der Waals surface area contributed by atoms with E-state index < -0.39 is 0 Å². The number of rotatable bonds is 4. The van der Waals surface area contributed by atoms with E-state index in [1.165, 1.54) is 5.56 Å². The third kappa shape index (κ3) is 3.28. The number of hydrogen-bond acceptors (Lipinski definition) is 4. The summed E-state index contributed by atoms with van der Waals surface area (Å²) in [4.78, 5) is 28.6. The molecule has 25 heavy (non-hydrogen) atoms. The zero-order valence-electron chi connectivity index (χ0n) is 14.4. The number of carbonyl (C=O) groups excluding carboxylic acids is 2. The predicted octanol–water partition coefficient (Wildman–Crippen LogP) is 1.12. The smallest absolute Gasteiger partial charge is 0.246 e. The third-order valence-electron chi connectivity index (χ3n) is 5.47. The highest BCUT2D eigenvalue weighted by Crippen LogP contribution is 2.38. The molecule has 3 aliphatic heterocycles. The number of nitrogens with one attached hydrogen (secondary N) is 1. The Morgan fingerprint density at radius 2 is 2.20 bits per heavy atom. The summed E-state index contributed by atoms with van der Waals surface area (Å²) in [5.41, 5.74) is 2.23. The van der Waals surface area contributed by atoms with Crippen molar-refractivity contribution in [1.82, 2.24) is 10.2 Å². The van der Waals surface area contributed by atoms with E-state index in [1.54, 1.807) is 0 Å². The molecule has 2 saturated heterocycles. The Hall–Kier alpha value is -1.92. The van der Waals surface area contributed by atoms with Gasteiger partial charge >= 0.3 is 0 Å². The van der Waals surface area contributed by atoms with Crippen LogP contribution >= 0.6 is 0 Å². The van der Waals surface area contributed by atoms with E-state index in [2.05, 4.69) is 11.4 Å². The van der Waals surface area contributed by atoms with Gasteiger partial charge in [-0.1, -0.05) is 18.2 Å². The van der Waals surface area contributed by atoms with Crippen molar-refractivity contribution in [3.63, 3.8) is 0 Å². The molecule has 4 rings (SSSR count). The number of hydrogen-bond donors (Lipinski definition) is 1. The van der Waals surface area contributed by atoms with Crippen LogP contribution in [0.25, 0.3) is 0 Å². The zero-order chi connectivity index (χ0) is 17.2. The van der Waals surface area contributed by atoms with Gasteiger partial charge in [0.05, 0.1) is 13.2 Å². The quantitative estimate of drug-likeness (QED) is 0.890. The standard InChI is InChI=1S/C19H25N3O3/c23-18-6-3-9-21(18)10-7-14-12-22(17-5-2-1-4-15(14)17)19(24)16-13-25-11-8-20-16/h1-2,4-5,14,16,20H,3,6-13H2/t14-,16+/m0/s1.